The highest BCUT2D eigenvalue weighted by molar-refractivity contribution is 6.04. The van der Waals surface area contributed by atoms with E-state index in [0.717, 1.165) is 17.9 Å². The highest BCUT2D eigenvalue weighted by atomic mass is 16.5. The molecule has 152 valence electrons. The zero-order valence-electron chi connectivity index (χ0n) is 17.6. The summed E-state index contributed by atoms with van der Waals surface area (Å²) in [5, 5.41) is 0. The lowest BCUT2D eigenvalue weighted by Gasteiger charge is -2.12. The van der Waals surface area contributed by atoms with E-state index in [9.17, 15) is 14.4 Å². The van der Waals surface area contributed by atoms with Crippen LogP contribution in [-0.2, 0) is 16.0 Å². The molecule has 0 aliphatic heterocycles. The Hall–Kier alpha value is -2.83. The van der Waals surface area contributed by atoms with Crippen molar-refractivity contribution in [3.05, 3.63) is 45.5 Å². The molecule has 0 saturated carbocycles. The third kappa shape index (κ3) is 3.88. The molecule has 1 N–H and O–H groups in total. The minimum Gasteiger partial charge on any atom is -0.462 e. The third-order valence-corrected chi connectivity index (χ3v) is 4.93. The van der Waals surface area contributed by atoms with Gasteiger partial charge in [-0.3, -0.25) is 4.79 Å². The van der Waals surface area contributed by atoms with Crippen molar-refractivity contribution in [1.82, 2.24) is 9.55 Å². The SMILES string of the molecule is CCOC(=O)c1c(C)[nH]c(C(=O)[C@H](C)OC(=O)c2cc(C)n(CC)c2C)c1C. The average molecular weight is 388 g/mol. The molecule has 28 heavy (non-hydrogen) atoms. The summed E-state index contributed by atoms with van der Waals surface area (Å²) in [6, 6.07) is 1.77. The molecule has 0 spiro atoms. The first-order chi connectivity index (χ1) is 13.1. The van der Waals surface area contributed by atoms with Crippen molar-refractivity contribution in [2.45, 2.75) is 61.1 Å². The molecule has 2 rings (SSSR count). The first-order valence-electron chi connectivity index (χ1n) is 9.42. The Bertz CT molecular complexity index is 920. The van der Waals surface area contributed by atoms with E-state index in [1.165, 1.54) is 6.92 Å². The Morgan fingerprint density at radius 3 is 2.29 bits per heavy atom. The third-order valence-electron chi connectivity index (χ3n) is 4.93. The number of nitrogens with zero attached hydrogens (tertiary/aromatic N) is 1. The van der Waals surface area contributed by atoms with Gasteiger partial charge in [0.05, 0.1) is 23.4 Å². The molecule has 0 amide bonds. The first kappa shape index (κ1) is 21.5. The molecule has 7 nitrogen and oxygen atoms in total. The molecule has 0 bridgehead atoms. The Kier molecular flexibility index (Phi) is 6.48. The van der Waals surface area contributed by atoms with Crippen LogP contribution in [0.2, 0.25) is 0 Å². The van der Waals surface area contributed by atoms with Crippen LogP contribution in [0.3, 0.4) is 0 Å². The second-order valence-corrected chi connectivity index (χ2v) is 6.79. The number of aromatic amines is 1. The number of carbonyl (C=O) groups is 3. The van der Waals surface area contributed by atoms with Gasteiger partial charge in [-0.2, -0.15) is 0 Å². The Morgan fingerprint density at radius 2 is 1.75 bits per heavy atom. The highest BCUT2D eigenvalue weighted by Gasteiger charge is 2.28. The molecule has 2 aromatic heterocycles. The van der Waals surface area contributed by atoms with Crippen molar-refractivity contribution >= 4 is 17.7 Å². The van der Waals surface area contributed by atoms with Gasteiger partial charge in [-0.15, -0.1) is 0 Å². The van der Waals surface area contributed by atoms with E-state index >= 15 is 0 Å². The number of aromatic nitrogens is 2. The molecule has 0 unspecified atom stereocenters. The Balaban J connectivity index is 2.23. The van der Waals surface area contributed by atoms with Gasteiger partial charge in [-0.05, 0) is 60.1 Å². The fourth-order valence-electron chi connectivity index (χ4n) is 3.48. The van der Waals surface area contributed by atoms with Gasteiger partial charge in [-0.1, -0.05) is 0 Å². The van der Waals surface area contributed by atoms with E-state index in [2.05, 4.69) is 4.98 Å². The molecule has 0 aromatic carbocycles. The number of ketones is 1. The first-order valence-corrected chi connectivity index (χ1v) is 9.42. The van der Waals surface area contributed by atoms with E-state index in [4.69, 9.17) is 9.47 Å². The normalized spacial score (nSPS) is 12.0. The van der Waals surface area contributed by atoms with E-state index < -0.39 is 23.8 Å². The van der Waals surface area contributed by atoms with Crippen LogP contribution < -0.4 is 0 Å². The number of Topliss-reactive ketones (excluding diaryl/α,β-unsaturated/α-hetero) is 1. The molecule has 7 heteroatoms. The predicted octanol–water partition coefficient (Wildman–Crippen LogP) is 3.67. The van der Waals surface area contributed by atoms with Crippen LogP contribution in [0.1, 0.15) is 74.6 Å². The fraction of sp³-hybridized carbons (Fsp3) is 0.476. The van der Waals surface area contributed by atoms with Crippen molar-refractivity contribution in [3.63, 3.8) is 0 Å². The van der Waals surface area contributed by atoms with Crippen LogP contribution in [0.15, 0.2) is 6.07 Å². The molecule has 0 radical (unpaired) electrons. The predicted molar refractivity (Wildman–Crippen MR) is 105 cm³/mol. The van der Waals surface area contributed by atoms with E-state index in [1.54, 1.807) is 26.8 Å². The van der Waals surface area contributed by atoms with Crippen molar-refractivity contribution in [3.8, 4) is 0 Å². The molecule has 2 heterocycles. The monoisotopic (exact) mass is 388 g/mol. The number of rotatable bonds is 7. The van der Waals surface area contributed by atoms with Crippen LogP contribution in [0.4, 0.5) is 0 Å². The van der Waals surface area contributed by atoms with Gasteiger partial charge < -0.3 is 19.0 Å². The Labute approximate surface area is 165 Å². The molecule has 0 aliphatic rings. The van der Waals surface area contributed by atoms with Crippen LogP contribution in [0, 0.1) is 27.7 Å². The summed E-state index contributed by atoms with van der Waals surface area (Å²) in [6.07, 6.45) is -0.996. The molecule has 0 saturated heterocycles. The average Bonchev–Trinajstić information content (AvgIpc) is 3.09. The van der Waals surface area contributed by atoms with Gasteiger partial charge in [0.25, 0.3) is 0 Å². The lowest BCUT2D eigenvalue weighted by atomic mass is 10.1. The highest BCUT2D eigenvalue weighted by Crippen LogP contribution is 2.22. The van der Waals surface area contributed by atoms with Gasteiger partial charge >= 0.3 is 11.9 Å². The van der Waals surface area contributed by atoms with Gasteiger partial charge in [0.1, 0.15) is 0 Å². The topological polar surface area (TPSA) is 90.4 Å². The molecule has 1 atom stereocenters. The summed E-state index contributed by atoms with van der Waals surface area (Å²) in [5.74, 6) is -1.42. The van der Waals surface area contributed by atoms with Crippen LogP contribution in [0.5, 0.6) is 0 Å². The van der Waals surface area contributed by atoms with Crippen LogP contribution >= 0.6 is 0 Å². The second-order valence-electron chi connectivity index (χ2n) is 6.79. The lowest BCUT2D eigenvalue weighted by molar-refractivity contribution is 0.0316. The van der Waals surface area contributed by atoms with Gasteiger partial charge in [0, 0.05) is 23.6 Å². The number of esters is 2. The molecule has 0 fully saturated rings. The zero-order valence-corrected chi connectivity index (χ0v) is 17.6. The summed E-state index contributed by atoms with van der Waals surface area (Å²) in [5.41, 5.74) is 3.85. The summed E-state index contributed by atoms with van der Waals surface area (Å²) in [7, 11) is 0. The van der Waals surface area contributed by atoms with Crippen LogP contribution in [0.25, 0.3) is 0 Å². The zero-order chi connectivity index (χ0) is 21.2. The van der Waals surface area contributed by atoms with Crippen molar-refractivity contribution < 1.29 is 23.9 Å². The summed E-state index contributed by atoms with van der Waals surface area (Å²) in [6.45, 7) is 13.4. The van der Waals surface area contributed by atoms with Crippen LogP contribution in [-0.4, -0.2) is 40.0 Å². The number of carbonyl (C=O) groups excluding carboxylic acids is 3. The van der Waals surface area contributed by atoms with Gasteiger partial charge in [-0.25, -0.2) is 9.59 Å². The van der Waals surface area contributed by atoms with Crippen molar-refractivity contribution in [2.24, 2.45) is 0 Å². The number of nitrogens with one attached hydrogen (secondary N) is 1. The number of hydrogen-bond donors (Lipinski definition) is 1. The van der Waals surface area contributed by atoms with Crippen molar-refractivity contribution in [1.29, 1.82) is 0 Å². The summed E-state index contributed by atoms with van der Waals surface area (Å²) >= 11 is 0. The molecular formula is C21H28N2O5. The standard InChI is InChI=1S/C21H28N2O5/c1-8-23-11(3)10-16(14(23)6)20(25)28-15(7)19(24)18-12(4)17(13(5)22-18)21(26)27-9-2/h10,15,22H,8-9H2,1-7H3/t15-/m0/s1. The lowest BCUT2D eigenvalue weighted by Crippen LogP contribution is -2.25. The minimum absolute atomic E-state index is 0.246. The number of ether oxygens (including phenoxy) is 2. The molecular weight excluding hydrogens is 360 g/mol. The minimum atomic E-state index is -0.996. The smallest absolute Gasteiger partial charge is 0.340 e. The van der Waals surface area contributed by atoms with E-state index in [0.29, 0.717) is 22.4 Å². The maximum Gasteiger partial charge on any atom is 0.340 e. The molecule has 2 aromatic rings. The number of hydrogen-bond acceptors (Lipinski definition) is 5. The largest absolute Gasteiger partial charge is 0.462 e. The Morgan fingerprint density at radius 1 is 1.11 bits per heavy atom. The summed E-state index contributed by atoms with van der Waals surface area (Å²) in [4.78, 5) is 40.4. The van der Waals surface area contributed by atoms with E-state index in [-0.39, 0.29) is 12.3 Å². The van der Waals surface area contributed by atoms with Crippen molar-refractivity contribution in [2.75, 3.05) is 6.61 Å². The quantitative estimate of drug-likeness (QED) is 0.577. The number of aryl methyl sites for hydroxylation is 2. The maximum absolute atomic E-state index is 12.8. The van der Waals surface area contributed by atoms with Gasteiger partial charge in [0.2, 0.25) is 5.78 Å². The maximum atomic E-state index is 12.8. The summed E-state index contributed by atoms with van der Waals surface area (Å²) < 4.78 is 12.5. The fourth-order valence-corrected chi connectivity index (χ4v) is 3.48. The number of H-pyrrole nitrogens is 1. The molecule has 0 aliphatic carbocycles. The van der Waals surface area contributed by atoms with E-state index in [1.807, 2.05) is 25.3 Å². The second kappa shape index (κ2) is 8.46. The van der Waals surface area contributed by atoms with Gasteiger partial charge in [0.15, 0.2) is 6.10 Å².